The lowest BCUT2D eigenvalue weighted by Crippen LogP contribution is -2.63. The highest BCUT2D eigenvalue weighted by atomic mass is 16.4. The average Bonchev–Trinajstić information content (AvgIpc) is 0.854. The van der Waals surface area contributed by atoms with Crippen LogP contribution in [-0.4, -0.2) is 350 Å². The Labute approximate surface area is 757 Å². The number of aliphatic hydroxyl groups excluding tert-OH is 6. The maximum atomic E-state index is 14.4. The molecule has 37 N–H and O–H groups in total. The summed E-state index contributed by atoms with van der Waals surface area (Å²) in [7, 11) is 0. The minimum absolute atomic E-state index is 0.0687. The van der Waals surface area contributed by atoms with Gasteiger partial charge in [-0.15, -0.1) is 0 Å². The van der Waals surface area contributed by atoms with Crippen molar-refractivity contribution in [2.45, 2.75) is 260 Å². The van der Waals surface area contributed by atoms with Gasteiger partial charge in [0.25, 0.3) is 0 Å². The van der Waals surface area contributed by atoms with Gasteiger partial charge in [-0.3, -0.25) is 105 Å². The Bertz CT molecular complexity index is 4090. The molecule has 0 saturated heterocycles. The molecule has 0 aliphatic carbocycles. The molecule has 0 radical (unpaired) electrons. The number of aliphatic carboxylic acids is 3. The van der Waals surface area contributed by atoms with Gasteiger partial charge in [-0.1, -0.05) is 44.2 Å². The number of primary amides is 1. The summed E-state index contributed by atoms with van der Waals surface area (Å²) in [5.74, 6) is -28.6. The summed E-state index contributed by atoms with van der Waals surface area (Å²) in [6.45, 7) is 4.76. The molecule has 19 amide bonds. The molecule has 0 fully saturated rings. The Morgan fingerprint density at radius 2 is 0.576 bits per heavy atom. The number of amides is 19. The SMILES string of the molecule is CC(C)[C@H](NC(=O)[C@H](CC(=O)O)NC(=O)[C@H](CCCCN)NC(=O)[C@@H](NC(=O)CNC(=O)[C@H](C)NC(=O)[C@@H](NC(=O)[C@H](CC(N)=O)NC(=O)[C@H](Cc1ccccc1)NC(=O)[C@H](CC(=O)O)NC(=O)[C@H](CO)NC(=O)[C@H](CO)NC(=O)[C@H](CCCCN)NC(=O)[C@@H](NC(=O)[C@H](CCCCN)NC(=O)[C@@H](NC(=O)CN)[C@@H](C)O)[C@@H](C)O)[C@@H](C)O)[C@@H](C)O)C(=O)N[C@@H](C)C(=O)NCC(=O)O. The van der Waals surface area contributed by atoms with Crippen molar-refractivity contribution in [1.82, 2.24) is 95.7 Å². The molecule has 0 unspecified atom stereocenters. The van der Waals surface area contributed by atoms with Crippen molar-refractivity contribution < 1.29 is 151 Å². The van der Waals surface area contributed by atoms with E-state index in [9.17, 15) is 146 Å². The molecular formula is C78H129N23O31. The number of nitrogens with one attached hydrogen (secondary N) is 18. The van der Waals surface area contributed by atoms with Gasteiger partial charge in [0.2, 0.25) is 112 Å². The van der Waals surface area contributed by atoms with Gasteiger partial charge >= 0.3 is 17.9 Å². The number of nitrogens with two attached hydrogens (primary N) is 5. The van der Waals surface area contributed by atoms with Crippen molar-refractivity contribution in [1.29, 1.82) is 0 Å². The van der Waals surface area contributed by atoms with Crippen LogP contribution >= 0.6 is 0 Å². The molecule has 0 heterocycles. The molecule has 20 atom stereocenters. The van der Waals surface area contributed by atoms with Crippen LogP contribution in [0.4, 0.5) is 0 Å². The molecule has 0 spiro atoms. The number of carboxylic acid groups (broad SMARTS) is 3. The molecule has 132 heavy (non-hydrogen) atoms. The number of carbonyl (C=O) groups is 22. The lowest BCUT2D eigenvalue weighted by atomic mass is 10.0. The predicted octanol–water partition coefficient (Wildman–Crippen LogP) is -15.3. The number of carboxylic acids is 3. The highest BCUT2D eigenvalue weighted by Gasteiger charge is 2.41. The molecule has 742 valence electrons. The van der Waals surface area contributed by atoms with E-state index in [0.29, 0.717) is 6.42 Å². The van der Waals surface area contributed by atoms with Crippen LogP contribution in [0.2, 0.25) is 0 Å². The third-order valence-electron chi connectivity index (χ3n) is 19.4. The fourth-order valence-corrected chi connectivity index (χ4v) is 12.1. The van der Waals surface area contributed by atoms with Crippen LogP contribution < -0.4 is 124 Å². The average molecular weight is 1890 g/mol. The first-order valence-electron chi connectivity index (χ1n) is 42.0. The fraction of sp³-hybridized carbons (Fsp3) is 0.641. The standard InChI is InChI=1S/C78H129N23O31/c1-35(2)58(74(128)86-37(4)64(118)85-32-57(115)116)99-71(125)49(29-56(113)114)93-65(119)43(20-12-15-23-79)88-77(131)60(39(6)105)98-54(110)31-84-63(117)36(3)87-75(129)61(40(7)106)101-70(124)47(27-52(83)108)92-68(122)46(26-42-18-10-9-11-19-42)91-69(123)48(28-55(111)112)94-72(126)50(33-102)96-73(127)51(34-103)95-66(120)44(21-13-16-24-80)89-78(132)62(41(8)107)100-67(121)45(22-14-17-25-81)90-76(130)59(38(5)104)97-53(109)30-82/h9-11,18-19,35-41,43-51,58-62,102-107H,12-17,20-34,79-82H2,1-8H3,(H2,83,108)(H,84,117)(H,85,118)(H,86,128)(H,87,129)(H,88,131)(H,89,132)(H,90,130)(H,91,123)(H,92,122)(H,93,119)(H,94,126)(H,95,120)(H,96,127)(H,97,109)(H,98,110)(H,99,125)(H,100,121)(H,101,124)(H,111,112)(H,113,114)(H,115,116)/t36-,37-,38+,39+,40+,41+,43-,44-,45-,46-,47-,48-,49-,50-,51-,58-,59-,60-,61-,62-/m0/s1. The Morgan fingerprint density at radius 1 is 0.295 bits per heavy atom. The molecular weight excluding hydrogens is 1750 g/mol. The zero-order chi connectivity index (χ0) is 101. The van der Waals surface area contributed by atoms with Crippen molar-refractivity contribution in [3.8, 4) is 0 Å². The smallest absolute Gasteiger partial charge is 0.322 e. The van der Waals surface area contributed by atoms with Crippen LogP contribution in [-0.2, 0) is 112 Å². The lowest BCUT2D eigenvalue weighted by Gasteiger charge is -2.28. The summed E-state index contributed by atoms with van der Waals surface area (Å²) in [4.78, 5) is 293. The van der Waals surface area contributed by atoms with Crippen LogP contribution in [0.15, 0.2) is 30.3 Å². The second kappa shape index (κ2) is 60.9. The third kappa shape index (κ3) is 43.7. The first-order chi connectivity index (χ1) is 61.9. The number of hydrogen-bond acceptors (Lipinski definition) is 32. The van der Waals surface area contributed by atoms with E-state index in [2.05, 4.69) is 85.1 Å². The van der Waals surface area contributed by atoms with E-state index in [1.165, 1.54) is 52.0 Å². The summed E-state index contributed by atoms with van der Waals surface area (Å²) in [5, 5.41) is 132. The van der Waals surface area contributed by atoms with Gasteiger partial charge in [0.05, 0.1) is 70.0 Å². The van der Waals surface area contributed by atoms with Gasteiger partial charge in [0.1, 0.15) is 103 Å². The summed E-state index contributed by atoms with van der Waals surface area (Å²) in [5.41, 5.74) is 28.0. The van der Waals surface area contributed by atoms with Crippen LogP contribution in [0.3, 0.4) is 0 Å². The number of carbonyl (C=O) groups excluding carboxylic acids is 19. The summed E-state index contributed by atoms with van der Waals surface area (Å²) in [6, 6.07) is -21.8. The van der Waals surface area contributed by atoms with Crippen LogP contribution in [0.5, 0.6) is 0 Å². The molecule has 54 heteroatoms. The molecule has 0 saturated carbocycles. The zero-order valence-corrected chi connectivity index (χ0v) is 74.3. The topological polar surface area (TPSA) is 904 Å². The summed E-state index contributed by atoms with van der Waals surface area (Å²) >= 11 is 0. The predicted molar refractivity (Wildman–Crippen MR) is 458 cm³/mol. The molecule has 0 bridgehead atoms. The Kier molecular flexibility index (Phi) is 54.1. The van der Waals surface area contributed by atoms with Gasteiger partial charge in [0, 0.05) is 6.42 Å². The van der Waals surface area contributed by atoms with Crippen molar-refractivity contribution in [3.05, 3.63) is 35.9 Å². The zero-order valence-electron chi connectivity index (χ0n) is 74.3. The number of benzene rings is 1. The molecule has 0 aromatic heterocycles. The highest BCUT2D eigenvalue weighted by molar-refractivity contribution is 6.03. The summed E-state index contributed by atoms with van der Waals surface area (Å²) < 4.78 is 0. The second-order valence-electron chi connectivity index (χ2n) is 31.1. The minimum Gasteiger partial charge on any atom is -0.481 e. The van der Waals surface area contributed by atoms with Crippen molar-refractivity contribution >= 4 is 130 Å². The normalized spacial score (nSPS) is 15.6. The largest absolute Gasteiger partial charge is 0.481 e. The molecule has 54 nitrogen and oxygen atoms in total. The van der Waals surface area contributed by atoms with Gasteiger partial charge < -0.3 is 170 Å². The monoisotopic (exact) mass is 1880 g/mol. The van der Waals surface area contributed by atoms with E-state index >= 15 is 0 Å². The van der Waals surface area contributed by atoms with E-state index in [0.717, 1.165) is 27.7 Å². The maximum Gasteiger partial charge on any atom is 0.322 e. The van der Waals surface area contributed by atoms with Crippen molar-refractivity contribution in [2.24, 2.45) is 34.6 Å². The van der Waals surface area contributed by atoms with Gasteiger partial charge in [-0.25, -0.2) is 0 Å². The summed E-state index contributed by atoms with van der Waals surface area (Å²) in [6.07, 6.45) is -10.3. The van der Waals surface area contributed by atoms with E-state index in [4.69, 9.17) is 33.8 Å². The van der Waals surface area contributed by atoms with E-state index in [1.807, 2.05) is 10.6 Å². The molecule has 0 aliphatic heterocycles. The van der Waals surface area contributed by atoms with Crippen LogP contribution in [0, 0.1) is 5.92 Å². The van der Waals surface area contributed by atoms with Crippen LogP contribution in [0.25, 0.3) is 0 Å². The first-order valence-corrected chi connectivity index (χ1v) is 42.0. The molecule has 1 aromatic carbocycles. The second-order valence-corrected chi connectivity index (χ2v) is 31.1. The van der Waals surface area contributed by atoms with E-state index < -0.39 is 316 Å². The number of aliphatic hydroxyl groups is 6. The fourth-order valence-electron chi connectivity index (χ4n) is 12.1. The third-order valence-corrected chi connectivity index (χ3v) is 19.4. The maximum absolute atomic E-state index is 14.4. The van der Waals surface area contributed by atoms with Crippen molar-refractivity contribution in [3.63, 3.8) is 0 Å². The van der Waals surface area contributed by atoms with Gasteiger partial charge in [-0.2, -0.15) is 0 Å². The molecule has 1 rings (SSSR count). The van der Waals surface area contributed by atoms with Gasteiger partial charge in [0.15, 0.2) is 0 Å². The minimum atomic E-state index is -2.24. The number of unbranched alkanes of at least 4 members (excludes halogenated alkanes) is 3. The van der Waals surface area contributed by atoms with E-state index in [-0.39, 0.29) is 76.6 Å². The quantitative estimate of drug-likeness (QED) is 0.0269. The number of rotatable bonds is 64. The van der Waals surface area contributed by atoms with Gasteiger partial charge in [-0.05, 0) is 130 Å². The Balaban J connectivity index is 3.46. The first kappa shape index (κ1) is 117. The molecule has 1 aromatic rings. The number of hydrogen-bond donors (Lipinski definition) is 32. The molecule has 0 aliphatic rings. The van der Waals surface area contributed by atoms with E-state index in [1.54, 1.807) is 6.07 Å². The lowest BCUT2D eigenvalue weighted by molar-refractivity contribution is -0.142. The van der Waals surface area contributed by atoms with Crippen molar-refractivity contribution in [2.75, 3.05) is 52.5 Å². The highest BCUT2D eigenvalue weighted by Crippen LogP contribution is 2.14. The van der Waals surface area contributed by atoms with Crippen LogP contribution in [0.1, 0.15) is 138 Å². The Hall–Kier alpha value is -12.8. The Morgan fingerprint density at radius 3 is 0.909 bits per heavy atom.